The van der Waals surface area contributed by atoms with Crippen LogP contribution in [-0.4, -0.2) is 25.3 Å². The van der Waals surface area contributed by atoms with Gasteiger partial charge in [-0.3, -0.25) is 0 Å². The Morgan fingerprint density at radius 3 is 2.14 bits per heavy atom. The van der Waals surface area contributed by atoms with E-state index in [4.69, 9.17) is 0 Å². The molecule has 1 aromatic rings. The summed E-state index contributed by atoms with van der Waals surface area (Å²) in [6, 6.07) is 4.16. The lowest BCUT2D eigenvalue weighted by Gasteiger charge is -2.07. The van der Waals surface area contributed by atoms with Crippen molar-refractivity contribution in [1.82, 2.24) is 4.90 Å². The Labute approximate surface area is 93.8 Å². The number of hydrogen-bond donors (Lipinski definition) is 0. The maximum atomic E-state index is 4.43. The molecule has 76 valence electrons. The zero-order valence-electron chi connectivity index (χ0n) is 9.00. The Bertz CT molecular complexity index is 333. The number of aliphatic imine (C=N–C) groups is 1. The normalized spacial score (nSPS) is 10.9. The fourth-order valence-corrected chi connectivity index (χ4v) is 1.97. The average Bonchev–Trinajstić information content (AvgIpc) is 2.01. The van der Waals surface area contributed by atoms with E-state index in [1.54, 1.807) is 0 Å². The van der Waals surface area contributed by atoms with Gasteiger partial charge in [0.25, 0.3) is 0 Å². The molecule has 0 radical (unpaired) electrons. The van der Waals surface area contributed by atoms with Gasteiger partial charge in [-0.15, -0.1) is 0 Å². The minimum absolute atomic E-state index is 1.06. The van der Waals surface area contributed by atoms with Crippen molar-refractivity contribution in [1.29, 1.82) is 0 Å². The second-order valence-electron chi connectivity index (χ2n) is 3.60. The molecule has 0 fully saturated rings. The topological polar surface area (TPSA) is 15.6 Å². The maximum Gasteiger partial charge on any atom is 0.0907 e. The van der Waals surface area contributed by atoms with Crippen LogP contribution >= 0.6 is 15.9 Å². The van der Waals surface area contributed by atoms with Crippen molar-refractivity contribution in [3.63, 3.8) is 0 Å². The molecule has 0 atom stereocenters. The first-order valence-electron chi connectivity index (χ1n) is 4.48. The lowest BCUT2D eigenvalue weighted by atomic mass is 10.1. The summed E-state index contributed by atoms with van der Waals surface area (Å²) in [4.78, 5) is 6.36. The van der Waals surface area contributed by atoms with Gasteiger partial charge in [0.1, 0.15) is 0 Å². The summed E-state index contributed by atoms with van der Waals surface area (Å²) in [7, 11) is 3.93. The van der Waals surface area contributed by atoms with Gasteiger partial charge in [0.05, 0.1) is 12.0 Å². The quantitative estimate of drug-likeness (QED) is 0.585. The molecule has 0 saturated carbocycles. The van der Waals surface area contributed by atoms with Gasteiger partial charge in [-0.25, -0.2) is 4.99 Å². The third kappa shape index (κ3) is 2.84. The van der Waals surface area contributed by atoms with Crippen LogP contribution in [0.15, 0.2) is 21.6 Å². The predicted octanol–water partition coefficient (Wildman–Crippen LogP) is 3.29. The van der Waals surface area contributed by atoms with Gasteiger partial charge < -0.3 is 4.90 Å². The molecule has 3 heteroatoms. The van der Waals surface area contributed by atoms with Gasteiger partial charge in [0.15, 0.2) is 0 Å². The number of halogens is 1. The van der Waals surface area contributed by atoms with Gasteiger partial charge in [-0.05, 0) is 37.1 Å². The lowest BCUT2D eigenvalue weighted by Crippen LogP contribution is -2.07. The van der Waals surface area contributed by atoms with Crippen LogP contribution in [0, 0.1) is 13.8 Å². The molecule has 0 aliphatic rings. The van der Waals surface area contributed by atoms with Crippen molar-refractivity contribution in [2.75, 3.05) is 14.1 Å². The zero-order chi connectivity index (χ0) is 10.7. The van der Waals surface area contributed by atoms with E-state index in [1.165, 1.54) is 11.1 Å². The lowest BCUT2D eigenvalue weighted by molar-refractivity contribution is 0.643. The van der Waals surface area contributed by atoms with E-state index in [1.807, 2.05) is 25.3 Å². The summed E-state index contributed by atoms with van der Waals surface area (Å²) < 4.78 is 1.11. The van der Waals surface area contributed by atoms with Crippen LogP contribution in [0.2, 0.25) is 0 Å². The van der Waals surface area contributed by atoms with E-state index in [0.29, 0.717) is 0 Å². The molecule has 0 amide bonds. The van der Waals surface area contributed by atoms with Crippen LogP contribution in [-0.2, 0) is 0 Å². The van der Waals surface area contributed by atoms with Crippen LogP contribution in [0.3, 0.4) is 0 Å². The maximum absolute atomic E-state index is 4.43. The molecule has 0 unspecified atom stereocenters. The Hall–Kier alpha value is -0.830. The molecule has 0 N–H and O–H groups in total. The van der Waals surface area contributed by atoms with Crippen molar-refractivity contribution >= 4 is 28.0 Å². The summed E-state index contributed by atoms with van der Waals surface area (Å²) in [5.41, 5.74) is 3.44. The second kappa shape index (κ2) is 4.60. The van der Waals surface area contributed by atoms with Crippen molar-refractivity contribution in [2.24, 2.45) is 4.99 Å². The highest BCUT2D eigenvalue weighted by atomic mass is 79.9. The Balaban J connectivity index is 3.09. The van der Waals surface area contributed by atoms with Crippen LogP contribution < -0.4 is 0 Å². The minimum Gasteiger partial charge on any atom is -0.369 e. The fourth-order valence-electron chi connectivity index (χ4n) is 1.28. The van der Waals surface area contributed by atoms with Gasteiger partial charge in [-0.2, -0.15) is 0 Å². The van der Waals surface area contributed by atoms with Gasteiger partial charge in [0.2, 0.25) is 0 Å². The molecule has 0 aliphatic carbocycles. The molecule has 0 bridgehead atoms. The molecule has 0 heterocycles. The van der Waals surface area contributed by atoms with E-state index in [9.17, 15) is 0 Å². The summed E-state index contributed by atoms with van der Waals surface area (Å²) >= 11 is 3.46. The number of benzene rings is 1. The van der Waals surface area contributed by atoms with E-state index in [2.05, 4.69) is 46.9 Å². The van der Waals surface area contributed by atoms with Crippen molar-refractivity contribution in [3.8, 4) is 0 Å². The van der Waals surface area contributed by atoms with E-state index in [-0.39, 0.29) is 0 Å². The number of rotatable bonds is 2. The van der Waals surface area contributed by atoms with Gasteiger partial charge >= 0.3 is 0 Å². The highest BCUT2D eigenvalue weighted by Crippen LogP contribution is 2.27. The Kier molecular flexibility index (Phi) is 3.69. The molecular formula is C11H15BrN2. The highest BCUT2D eigenvalue weighted by molar-refractivity contribution is 9.10. The van der Waals surface area contributed by atoms with E-state index < -0.39 is 0 Å². The first kappa shape index (κ1) is 11.2. The molecule has 0 saturated heterocycles. The molecule has 0 aliphatic heterocycles. The third-order valence-corrected chi connectivity index (χ3v) is 2.33. The van der Waals surface area contributed by atoms with Gasteiger partial charge in [0, 0.05) is 18.6 Å². The van der Waals surface area contributed by atoms with Crippen molar-refractivity contribution in [2.45, 2.75) is 13.8 Å². The molecule has 14 heavy (non-hydrogen) atoms. The van der Waals surface area contributed by atoms with Crippen LogP contribution in [0.25, 0.3) is 0 Å². The first-order valence-corrected chi connectivity index (χ1v) is 5.27. The summed E-state index contributed by atoms with van der Waals surface area (Å²) in [5, 5.41) is 0. The van der Waals surface area contributed by atoms with Crippen LogP contribution in [0.5, 0.6) is 0 Å². The monoisotopic (exact) mass is 254 g/mol. The molecule has 2 nitrogen and oxygen atoms in total. The van der Waals surface area contributed by atoms with Crippen molar-refractivity contribution in [3.05, 3.63) is 27.7 Å². The predicted molar refractivity (Wildman–Crippen MR) is 65.5 cm³/mol. The Morgan fingerprint density at radius 2 is 1.71 bits per heavy atom. The molecule has 0 spiro atoms. The standard InChI is InChI=1S/C11H15BrN2/c1-8-5-10(12)6-9(2)11(8)13-7-14(3)4/h5-7H,1-4H3/b13-7+. The first-order chi connectivity index (χ1) is 6.50. The van der Waals surface area contributed by atoms with Gasteiger partial charge in [-0.1, -0.05) is 15.9 Å². The molecular weight excluding hydrogens is 240 g/mol. The third-order valence-electron chi connectivity index (χ3n) is 1.87. The SMILES string of the molecule is Cc1cc(Br)cc(C)c1/N=C/N(C)C. The minimum atomic E-state index is 1.06. The summed E-state index contributed by atoms with van der Waals surface area (Å²) in [5.74, 6) is 0. The number of nitrogens with zero attached hydrogens (tertiary/aromatic N) is 2. The smallest absolute Gasteiger partial charge is 0.0907 e. The largest absolute Gasteiger partial charge is 0.369 e. The van der Waals surface area contributed by atoms with Crippen LogP contribution in [0.1, 0.15) is 11.1 Å². The molecule has 1 aromatic carbocycles. The molecule has 0 aromatic heterocycles. The summed E-state index contributed by atoms with van der Waals surface area (Å²) in [6.45, 7) is 4.14. The zero-order valence-corrected chi connectivity index (χ0v) is 10.6. The fraction of sp³-hybridized carbons (Fsp3) is 0.364. The van der Waals surface area contributed by atoms with Crippen molar-refractivity contribution < 1.29 is 0 Å². The number of hydrogen-bond acceptors (Lipinski definition) is 1. The molecule has 1 rings (SSSR count). The highest BCUT2D eigenvalue weighted by Gasteiger charge is 2.01. The van der Waals surface area contributed by atoms with E-state index in [0.717, 1.165) is 10.2 Å². The second-order valence-corrected chi connectivity index (χ2v) is 4.51. The summed E-state index contributed by atoms with van der Waals surface area (Å²) in [6.07, 6.45) is 1.82. The van der Waals surface area contributed by atoms with E-state index >= 15 is 0 Å². The average molecular weight is 255 g/mol. The Morgan fingerprint density at radius 1 is 1.21 bits per heavy atom. The van der Waals surface area contributed by atoms with Crippen LogP contribution in [0.4, 0.5) is 5.69 Å². The number of aryl methyl sites for hydroxylation is 2.